The molecule has 0 spiro atoms. The maximum atomic E-state index is 14.7. The number of carbonyl (C=O) groups excluding carboxylic acids is 1. The minimum Gasteiger partial charge on any atom is -0.432 e. The normalized spacial score (nSPS) is 54.3. The Morgan fingerprint density at radius 3 is 1.74 bits per heavy atom. The van der Waals surface area contributed by atoms with Gasteiger partial charge in [0.15, 0.2) is 12.6 Å². The minimum absolute atomic E-state index is 0.00133. The molecular formula is C48H78O20. The molecule has 25 atom stereocenters. The summed E-state index contributed by atoms with van der Waals surface area (Å²) in [6, 6.07) is 0. The number of aliphatic hydroxyl groups is 13. The fraction of sp³-hybridized carbons (Fsp3) is 0.938. The number of carbonyl (C=O) groups is 1. The molecule has 3 heterocycles. The van der Waals surface area contributed by atoms with Gasteiger partial charge in [-0.3, -0.25) is 4.79 Å². The average molecular weight is 975 g/mol. The van der Waals surface area contributed by atoms with Crippen LogP contribution < -0.4 is 0 Å². The van der Waals surface area contributed by atoms with Crippen molar-refractivity contribution in [2.75, 3.05) is 19.8 Å². The SMILES string of the molecule is CC1(C)CC[C@]2(C(=O)O[C@@H]3O[C@H](CO)[C@@H](O)[C@H](O)[C@H]3O)CC[C@]3(C)C(=CC[C@@H]4[C@@]5(C)C[C@@H](O)[C@H](O[C@@H]6O[C@H](CO)[C@@H](O)[C@H](O[C@@H]7O[C@H](CO)[C@@H](O)[C@H](O)[C@H]7O)[C@H]6O)C(C)(C)[C@@H]5CC[C@]43C)[C@@H]2[C@@H]1O. The lowest BCUT2D eigenvalue weighted by Gasteiger charge is -2.72. The van der Waals surface area contributed by atoms with Gasteiger partial charge in [-0.05, 0) is 90.3 Å². The lowest BCUT2D eigenvalue weighted by Crippen LogP contribution is -2.69. The van der Waals surface area contributed by atoms with Gasteiger partial charge in [0.25, 0.3) is 0 Å². The molecule has 5 aliphatic carbocycles. The first-order valence-electron chi connectivity index (χ1n) is 24.5. The standard InChI is InChI=1S/C48H78O20/c1-43(2)12-14-48(42(62)68-40-34(59)32(57)29(54)23(18-50)64-40)15-13-46(6)20(27(48)37(43)61)8-9-26-45(5)16-21(52)38(44(3,4)25(45)10-11-47(26,46)7)67-41-35(60)36(30(55)24(19-51)65-41)66-39-33(58)31(56)28(53)22(17-49)63-39/h8,21-41,49-61H,9-19H2,1-7H3/t21-,22-,23-,24-,25+,26-,27-,28-,29-,30-,31+,32+,33-,34-,35-,36+,37+,38+,39+,40+,41+,45+,46-,47-,48+/m1/s1. The Kier molecular flexibility index (Phi) is 14.3. The predicted octanol–water partition coefficient (Wildman–Crippen LogP) is -1.92. The van der Waals surface area contributed by atoms with E-state index in [9.17, 15) is 71.2 Å². The Morgan fingerprint density at radius 1 is 0.618 bits per heavy atom. The first-order chi connectivity index (χ1) is 31.7. The summed E-state index contributed by atoms with van der Waals surface area (Å²) >= 11 is 0. The van der Waals surface area contributed by atoms with Gasteiger partial charge in [0.05, 0.1) is 43.5 Å². The fourth-order valence-corrected chi connectivity index (χ4v) is 15.2. The number of fused-ring (bicyclic) bond motifs is 7. The molecule has 8 rings (SSSR count). The van der Waals surface area contributed by atoms with Crippen LogP contribution in [-0.4, -0.2) is 203 Å². The van der Waals surface area contributed by atoms with Crippen molar-refractivity contribution in [3.05, 3.63) is 11.6 Å². The third kappa shape index (κ3) is 7.89. The number of aliphatic hydroxyl groups excluding tert-OH is 13. The highest BCUT2D eigenvalue weighted by Gasteiger charge is 2.72. The Bertz CT molecular complexity index is 1860. The molecule has 0 aromatic heterocycles. The Labute approximate surface area is 396 Å². The summed E-state index contributed by atoms with van der Waals surface area (Å²) in [5.41, 5.74) is -3.03. The predicted molar refractivity (Wildman–Crippen MR) is 233 cm³/mol. The van der Waals surface area contributed by atoms with E-state index in [0.717, 1.165) is 12.0 Å². The second kappa shape index (κ2) is 18.5. The Hall–Kier alpha value is -1.51. The number of ether oxygens (including phenoxy) is 6. The molecule has 20 heteroatoms. The third-order valence-electron chi connectivity index (χ3n) is 19.5. The smallest absolute Gasteiger partial charge is 0.315 e. The highest BCUT2D eigenvalue weighted by atomic mass is 16.7. The lowest BCUT2D eigenvalue weighted by molar-refractivity contribution is -0.374. The first kappa shape index (κ1) is 52.8. The van der Waals surface area contributed by atoms with Crippen molar-refractivity contribution in [1.82, 2.24) is 0 Å². The fourth-order valence-electron chi connectivity index (χ4n) is 15.2. The number of allylic oxidation sites excluding steroid dienone is 1. The van der Waals surface area contributed by atoms with Crippen LogP contribution in [0.4, 0.5) is 0 Å². The van der Waals surface area contributed by atoms with E-state index in [1.807, 2.05) is 27.7 Å². The van der Waals surface area contributed by atoms with Crippen LogP contribution in [0.2, 0.25) is 0 Å². The Balaban J connectivity index is 1.05. The molecule has 0 unspecified atom stereocenters. The van der Waals surface area contributed by atoms with Gasteiger partial charge < -0.3 is 94.8 Å². The summed E-state index contributed by atoms with van der Waals surface area (Å²) in [5, 5.41) is 140. The van der Waals surface area contributed by atoms with Crippen molar-refractivity contribution < 1.29 is 99.6 Å². The highest BCUT2D eigenvalue weighted by Crippen LogP contribution is 2.76. The molecule has 0 aromatic rings. The molecule has 20 nitrogen and oxygen atoms in total. The monoisotopic (exact) mass is 975 g/mol. The zero-order chi connectivity index (χ0) is 50.0. The number of esters is 1. The van der Waals surface area contributed by atoms with E-state index in [2.05, 4.69) is 26.8 Å². The minimum atomic E-state index is -1.85. The molecule has 0 amide bonds. The zero-order valence-corrected chi connectivity index (χ0v) is 40.2. The molecule has 3 aliphatic heterocycles. The van der Waals surface area contributed by atoms with Crippen LogP contribution in [0.25, 0.3) is 0 Å². The van der Waals surface area contributed by atoms with Gasteiger partial charge >= 0.3 is 5.97 Å². The van der Waals surface area contributed by atoms with Crippen LogP contribution in [0.3, 0.4) is 0 Å². The molecule has 8 aliphatic rings. The van der Waals surface area contributed by atoms with Crippen molar-refractivity contribution in [2.24, 2.45) is 50.2 Å². The summed E-state index contributed by atoms with van der Waals surface area (Å²) < 4.78 is 35.3. The van der Waals surface area contributed by atoms with Crippen molar-refractivity contribution in [2.45, 2.75) is 210 Å². The molecule has 3 saturated heterocycles. The van der Waals surface area contributed by atoms with Gasteiger partial charge in [-0.1, -0.05) is 60.1 Å². The van der Waals surface area contributed by atoms with Crippen molar-refractivity contribution in [3.63, 3.8) is 0 Å². The molecule has 68 heavy (non-hydrogen) atoms. The van der Waals surface area contributed by atoms with Gasteiger partial charge in [0.2, 0.25) is 6.29 Å². The molecule has 0 bridgehead atoms. The average Bonchev–Trinajstić information content (AvgIpc) is 3.28. The van der Waals surface area contributed by atoms with Gasteiger partial charge in [0.1, 0.15) is 73.2 Å². The summed E-state index contributed by atoms with van der Waals surface area (Å²) in [6.07, 6.45) is -21.2. The Morgan fingerprint density at radius 2 is 1.15 bits per heavy atom. The summed E-state index contributed by atoms with van der Waals surface area (Å²) in [7, 11) is 0. The topological polar surface area (TPSA) is 335 Å². The third-order valence-corrected chi connectivity index (χ3v) is 19.5. The molecule has 13 N–H and O–H groups in total. The lowest BCUT2D eigenvalue weighted by atomic mass is 9.33. The van der Waals surface area contributed by atoms with E-state index in [0.29, 0.717) is 44.9 Å². The van der Waals surface area contributed by atoms with Crippen LogP contribution in [0.15, 0.2) is 11.6 Å². The number of rotatable bonds is 9. The van der Waals surface area contributed by atoms with Gasteiger partial charge in [-0.25, -0.2) is 0 Å². The number of hydrogen-bond donors (Lipinski definition) is 13. The molecule has 0 aromatic carbocycles. The second-order valence-corrected chi connectivity index (χ2v) is 23.6. The van der Waals surface area contributed by atoms with E-state index in [1.54, 1.807) is 0 Å². The van der Waals surface area contributed by atoms with Crippen LogP contribution in [-0.2, 0) is 33.2 Å². The van der Waals surface area contributed by atoms with Crippen molar-refractivity contribution in [3.8, 4) is 0 Å². The van der Waals surface area contributed by atoms with Crippen LogP contribution in [0.5, 0.6) is 0 Å². The van der Waals surface area contributed by atoms with Gasteiger partial charge in [-0.2, -0.15) is 0 Å². The van der Waals surface area contributed by atoms with E-state index >= 15 is 0 Å². The number of hydrogen-bond acceptors (Lipinski definition) is 20. The quantitative estimate of drug-likeness (QED) is 0.0681. The van der Waals surface area contributed by atoms with Gasteiger partial charge in [-0.15, -0.1) is 0 Å². The first-order valence-corrected chi connectivity index (χ1v) is 24.5. The van der Waals surface area contributed by atoms with Crippen LogP contribution in [0, 0.1) is 50.2 Å². The van der Waals surface area contributed by atoms with Crippen LogP contribution in [0.1, 0.15) is 99.8 Å². The molecule has 7 fully saturated rings. The zero-order valence-electron chi connectivity index (χ0n) is 40.2. The summed E-state index contributed by atoms with van der Waals surface area (Å²) in [5.74, 6) is -1.42. The van der Waals surface area contributed by atoms with Crippen molar-refractivity contribution >= 4 is 5.97 Å². The molecular weight excluding hydrogens is 897 g/mol. The molecule has 4 saturated carbocycles. The second-order valence-electron chi connectivity index (χ2n) is 23.6. The summed E-state index contributed by atoms with van der Waals surface area (Å²) in [4.78, 5) is 14.7. The maximum Gasteiger partial charge on any atom is 0.315 e. The highest BCUT2D eigenvalue weighted by molar-refractivity contribution is 5.79. The largest absolute Gasteiger partial charge is 0.432 e. The van der Waals surface area contributed by atoms with E-state index < -0.39 is 175 Å². The molecule has 0 radical (unpaired) electrons. The van der Waals surface area contributed by atoms with Crippen LogP contribution >= 0.6 is 0 Å². The van der Waals surface area contributed by atoms with E-state index in [-0.39, 0.29) is 11.8 Å². The van der Waals surface area contributed by atoms with Crippen molar-refractivity contribution in [1.29, 1.82) is 0 Å². The summed E-state index contributed by atoms with van der Waals surface area (Å²) in [6.45, 7) is 12.5. The maximum absolute atomic E-state index is 14.7. The molecule has 390 valence electrons. The van der Waals surface area contributed by atoms with Gasteiger partial charge in [0, 0.05) is 5.92 Å². The van der Waals surface area contributed by atoms with E-state index in [1.165, 1.54) is 0 Å². The van der Waals surface area contributed by atoms with E-state index in [4.69, 9.17) is 28.4 Å².